The number of rotatable bonds is 1. The Morgan fingerprint density at radius 2 is 2.18 bits per heavy atom. The van der Waals surface area contributed by atoms with Gasteiger partial charge >= 0.3 is 0 Å². The van der Waals surface area contributed by atoms with Crippen molar-refractivity contribution in [3.05, 3.63) is 22.3 Å². The van der Waals surface area contributed by atoms with E-state index >= 15 is 0 Å². The molecule has 0 aliphatic carbocycles. The predicted molar refractivity (Wildman–Crippen MR) is 53.5 cm³/mol. The van der Waals surface area contributed by atoms with Crippen LogP contribution < -0.4 is 5.32 Å². The van der Waals surface area contributed by atoms with Crippen LogP contribution in [0.4, 0.5) is 5.82 Å². The molecule has 62 valence electrons. The summed E-state index contributed by atoms with van der Waals surface area (Å²) in [5.74, 6) is 0.880. The lowest BCUT2D eigenvalue weighted by Crippen LogP contribution is -1.92. The number of pyridine rings is 1. The van der Waals surface area contributed by atoms with Crippen LogP contribution >= 0.6 is 28.3 Å². The smallest absolute Gasteiger partial charge is 0.140 e. The lowest BCUT2D eigenvalue weighted by molar-refractivity contribution is 1.23. The van der Waals surface area contributed by atoms with Gasteiger partial charge in [-0.1, -0.05) is 0 Å². The zero-order chi connectivity index (χ0) is 7.56. The zero-order valence-electron chi connectivity index (χ0n) is 6.39. The third-order valence-electron chi connectivity index (χ3n) is 1.21. The maximum absolute atomic E-state index is 4.14. The molecule has 0 unspecified atom stereocenters. The molecule has 0 fully saturated rings. The Hall–Kier alpha value is -0.280. The summed E-state index contributed by atoms with van der Waals surface area (Å²) < 4.78 is 1.01. The van der Waals surface area contributed by atoms with E-state index in [1.165, 1.54) is 0 Å². The van der Waals surface area contributed by atoms with Gasteiger partial charge in [0.15, 0.2) is 0 Å². The third-order valence-corrected chi connectivity index (χ3v) is 1.82. The zero-order valence-corrected chi connectivity index (χ0v) is 8.79. The van der Waals surface area contributed by atoms with E-state index in [4.69, 9.17) is 0 Å². The van der Waals surface area contributed by atoms with Crippen molar-refractivity contribution in [2.24, 2.45) is 0 Å². The predicted octanol–water partition coefficient (Wildman–Crippen LogP) is 2.62. The van der Waals surface area contributed by atoms with Gasteiger partial charge < -0.3 is 5.32 Å². The third kappa shape index (κ3) is 2.67. The largest absolute Gasteiger partial charge is 0.372 e. The van der Waals surface area contributed by atoms with Crippen LogP contribution in [-0.2, 0) is 0 Å². The van der Waals surface area contributed by atoms with Gasteiger partial charge in [-0.3, -0.25) is 0 Å². The Bertz CT molecular complexity index is 240. The number of nitrogens with one attached hydrogen (secondary N) is 1. The van der Waals surface area contributed by atoms with Crippen molar-refractivity contribution in [2.75, 3.05) is 12.4 Å². The Morgan fingerprint density at radius 1 is 1.55 bits per heavy atom. The maximum Gasteiger partial charge on any atom is 0.140 e. The summed E-state index contributed by atoms with van der Waals surface area (Å²) in [5.41, 5.74) is 1.16. The number of halogens is 2. The number of nitrogens with zero attached hydrogens (tertiary/aromatic N) is 1. The van der Waals surface area contributed by atoms with Gasteiger partial charge in [0.05, 0.1) is 4.47 Å². The molecule has 1 N–H and O–H groups in total. The minimum absolute atomic E-state index is 0. The number of hydrogen-bond acceptors (Lipinski definition) is 2. The first kappa shape index (κ1) is 10.7. The van der Waals surface area contributed by atoms with E-state index in [9.17, 15) is 0 Å². The summed E-state index contributed by atoms with van der Waals surface area (Å²) in [6.07, 6.45) is 1.83. The van der Waals surface area contributed by atoms with Gasteiger partial charge in [-0.25, -0.2) is 4.98 Å². The summed E-state index contributed by atoms with van der Waals surface area (Å²) in [5, 5.41) is 2.96. The van der Waals surface area contributed by atoms with E-state index in [0.29, 0.717) is 0 Å². The molecule has 11 heavy (non-hydrogen) atoms. The molecule has 1 aromatic heterocycles. The fourth-order valence-electron chi connectivity index (χ4n) is 0.718. The van der Waals surface area contributed by atoms with E-state index < -0.39 is 0 Å². The molecule has 1 rings (SSSR count). The fraction of sp³-hybridized carbons (Fsp3) is 0.286. The first-order valence-corrected chi connectivity index (χ1v) is 3.83. The van der Waals surface area contributed by atoms with Gasteiger partial charge in [0.2, 0.25) is 0 Å². The molecule has 0 amide bonds. The summed E-state index contributed by atoms with van der Waals surface area (Å²) in [6, 6.07) is 2.03. The second kappa shape index (κ2) is 4.57. The van der Waals surface area contributed by atoms with Crippen LogP contribution in [0.1, 0.15) is 5.56 Å². The molecule has 1 aromatic rings. The van der Waals surface area contributed by atoms with Gasteiger partial charge in [0, 0.05) is 13.2 Å². The van der Waals surface area contributed by atoms with Crippen molar-refractivity contribution in [2.45, 2.75) is 6.92 Å². The molecule has 0 saturated heterocycles. The van der Waals surface area contributed by atoms with Crippen molar-refractivity contribution in [3.63, 3.8) is 0 Å². The fourth-order valence-corrected chi connectivity index (χ4v) is 1.38. The highest BCUT2D eigenvalue weighted by Crippen LogP contribution is 2.19. The number of aryl methyl sites for hydroxylation is 1. The Kier molecular flexibility index (Phi) is 4.45. The van der Waals surface area contributed by atoms with E-state index in [-0.39, 0.29) is 12.4 Å². The van der Waals surface area contributed by atoms with Crippen LogP contribution in [0.15, 0.2) is 16.7 Å². The molecule has 4 heteroatoms. The lowest BCUT2D eigenvalue weighted by atomic mass is 10.3. The first-order valence-electron chi connectivity index (χ1n) is 3.04. The van der Waals surface area contributed by atoms with Crippen LogP contribution in [0.3, 0.4) is 0 Å². The van der Waals surface area contributed by atoms with Crippen LogP contribution in [-0.4, -0.2) is 12.0 Å². The second-order valence-electron chi connectivity index (χ2n) is 2.09. The molecule has 0 saturated carbocycles. The van der Waals surface area contributed by atoms with Crippen molar-refractivity contribution >= 4 is 34.2 Å². The Balaban J connectivity index is 0.000001000. The van der Waals surface area contributed by atoms with Crippen molar-refractivity contribution in [1.29, 1.82) is 0 Å². The molecule has 0 aliphatic rings. The van der Waals surface area contributed by atoms with Gasteiger partial charge in [-0.15, -0.1) is 12.4 Å². The average Bonchev–Trinajstić information content (AvgIpc) is 1.88. The summed E-state index contributed by atoms with van der Waals surface area (Å²) in [4.78, 5) is 4.14. The monoisotopic (exact) mass is 236 g/mol. The first-order chi connectivity index (χ1) is 4.74. The molecule has 0 aliphatic heterocycles. The molecular formula is C7H10BrClN2. The van der Waals surface area contributed by atoms with Crippen molar-refractivity contribution in [1.82, 2.24) is 4.98 Å². The minimum atomic E-state index is 0. The quantitative estimate of drug-likeness (QED) is 0.812. The molecule has 0 radical (unpaired) electrons. The van der Waals surface area contributed by atoms with Crippen LogP contribution in [0, 0.1) is 6.92 Å². The standard InChI is InChI=1S/C7H9BrN2.ClH/c1-5-3-6(8)7(9-2)10-4-5;/h3-4H,1-2H3,(H,9,10);1H. The van der Waals surface area contributed by atoms with E-state index in [2.05, 4.69) is 26.2 Å². The maximum atomic E-state index is 4.14. The highest BCUT2D eigenvalue weighted by Gasteiger charge is 1.96. The summed E-state index contributed by atoms with van der Waals surface area (Å²) in [7, 11) is 1.85. The highest BCUT2D eigenvalue weighted by atomic mass is 79.9. The normalized spacial score (nSPS) is 8.64. The van der Waals surface area contributed by atoms with Crippen molar-refractivity contribution < 1.29 is 0 Å². The summed E-state index contributed by atoms with van der Waals surface area (Å²) >= 11 is 3.38. The number of aromatic nitrogens is 1. The van der Waals surface area contributed by atoms with E-state index in [1.54, 1.807) is 0 Å². The lowest BCUT2D eigenvalue weighted by Gasteiger charge is -2.01. The van der Waals surface area contributed by atoms with Crippen LogP contribution in [0.25, 0.3) is 0 Å². The Morgan fingerprint density at radius 3 is 2.64 bits per heavy atom. The molecule has 1 heterocycles. The molecule has 0 atom stereocenters. The molecule has 0 bridgehead atoms. The van der Waals surface area contributed by atoms with Gasteiger partial charge in [0.25, 0.3) is 0 Å². The molecule has 0 aromatic carbocycles. The number of anilines is 1. The van der Waals surface area contributed by atoms with Gasteiger partial charge in [0.1, 0.15) is 5.82 Å². The SMILES string of the molecule is CNc1ncc(C)cc1Br.Cl. The summed E-state index contributed by atoms with van der Waals surface area (Å²) in [6.45, 7) is 2.01. The average molecular weight is 238 g/mol. The Labute approximate surface area is 81.0 Å². The molecular weight excluding hydrogens is 227 g/mol. The van der Waals surface area contributed by atoms with Crippen LogP contribution in [0.2, 0.25) is 0 Å². The second-order valence-corrected chi connectivity index (χ2v) is 2.95. The van der Waals surface area contributed by atoms with Crippen molar-refractivity contribution in [3.8, 4) is 0 Å². The minimum Gasteiger partial charge on any atom is -0.372 e. The molecule has 0 spiro atoms. The van der Waals surface area contributed by atoms with Crippen LogP contribution in [0.5, 0.6) is 0 Å². The van der Waals surface area contributed by atoms with Gasteiger partial charge in [-0.2, -0.15) is 0 Å². The number of hydrogen-bond donors (Lipinski definition) is 1. The van der Waals surface area contributed by atoms with Gasteiger partial charge in [-0.05, 0) is 34.5 Å². The van der Waals surface area contributed by atoms with E-state index in [0.717, 1.165) is 15.9 Å². The topological polar surface area (TPSA) is 24.9 Å². The van der Waals surface area contributed by atoms with E-state index in [1.807, 2.05) is 26.2 Å². The molecule has 2 nitrogen and oxygen atoms in total. The highest BCUT2D eigenvalue weighted by molar-refractivity contribution is 9.10.